The van der Waals surface area contributed by atoms with Crippen molar-refractivity contribution in [3.8, 4) is 0 Å². The van der Waals surface area contributed by atoms with Gasteiger partial charge in [0.15, 0.2) is 11.8 Å². The number of likely N-dealkylation sites (tertiary alicyclic amines) is 1. The lowest BCUT2D eigenvalue weighted by Crippen LogP contribution is -2.49. The minimum Gasteiger partial charge on any atom is -0.356 e. The lowest BCUT2D eigenvalue weighted by Gasteiger charge is -2.37. The van der Waals surface area contributed by atoms with Crippen molar-refractivity contribution in [1.82, 2.24) is 30.3 Å². The Balaban J connectivity index is 1.55. The molecule has 1 aromatic carbocycles. The van der Waals surface area contributed by atoms with Gasteiger partial charge in [-0.25, -0.2) is 4.99 Å². The minimum absolute atomic E-state index is 0.443. The molecule has 0 spiro atoms. The molecule has 0 aliphatic carbocycles. The van der Waals surface area contributed by atoms with Crippen molar-refractivity contribution in [2.75, 3.05) is 19.6 Å². The van der Waals surface area contributed by atoms with E-state index in [-0.39, 0.29) is 0 Å². The molecule has 1 aliphatic rings. The van der Waals surface area contributed by atoms with Crippen molar-refractivity contribution >= 4 is 5.96 Å². The molecule has 3 rings (SSSR count). The molecule has 7 heteroatoms. The first-order valence-electron chi connectivity index (χ1n) is 11.3. The summed E-state index contributed by atoms with van der Waals surface area (Å²) in [7, 11) is 1.99. The number of nitrogens with zero attached hydrogens (tertiary/aromatic N) is 5. The van der Waals surface area contributed by atoms with Gasteiger partial charge in [-0.3, -0.25) is 4.90 Å². The standard InChI is InChI=1S/C23H37N7/c1-5-6-14-24-23(25-17-22-28-27-19(3)29(22)4)26-21-12-15-30(16-13-21)18(2)20-10-8-7-9-11-20/h7-11,18,21H,5-6,12-17H2,1-4H3,(H2,24,25,26). The van der Waals surface area contributed by atoms with Crippen molar-refractivity contribution < 1.29 is 0 Å². The monoisotopic (exact) mass is 411 g/mol. The van der Waals surface area contributed by atoms with Gasteiger partial charge in [-0.05, 0) is 38.7 Å². The fourth-order valence-corrected chi connectivity index (χ4v) is 3.84. The Morgan fingerprint density at radius 1 is 1.20 bits per heavy atom. The SMILES string of the molecule is CCCCNC(=NCc1nnc(C)n1C)NC1CCN(C(C)c2ccccc2)CC1. The molecule has 1 fully saturated rings. The Labute approximate surface area is 181 Å². The molecule has 0 bridgehead atoms. The van der Waals surface area contributed by atoms with Crippen LogP contribution in [0.3, 0.4) is 0 Å². The van der Waals surface area contributed by atoms with E-state index in [0.717, 1.165) is 56.5 Å². The molecule has 1 saturated heterocycles. The molecule has 164 valence electrons. The van der Waals surface area contributed by atoms with E-state index in [4.69, 9.17) is 4.99 Å². The van der Waals surface area contributed by atoms with E-state index in [1.165, 1.54) is 12.0 Å². The van der Waals surface area contributed by atoms with Crippen LogP contribution in [0.5, 0.6) is 0 Å². The molecular formula is C23H37N7. The summed E-state index contributed by atoms with van der Waals surface area (Å²) in [5.41, 5.74) is 1.39. The topological polar surface area (TPSA) is 70.4 Å². The second-order valence-electron chi connectivity index (χ2n) is 8.21. The van der Waals surface area contributed by atoms with Gasteiger partial charge in [0.25, 0.3) is 0 Å². The molecule has 0 saturated carbocycles. The van der Waals surface area contributed by atoms with E-state index in [9.17, 15) is 0 Å². The number of benzene rings is 1. The van der Waals surface area contributed by atoms with Crippen LogP contribution in [0.25, 0.3) is 0 Å². The van der Waals surface area contributed by atoms with Crippen LogP contribution < -0.4 is 10.6 Å². The van der Waals surface area contributed by atoms with Crippen molar-refractivity contribution in [2.24, 2.45) is 12.0 Å². The van der Waals surface area contributed by atoms with Gasteiger partial charge in [-0.1, -0.05) is 43.7 Å². The van der Waals surface area contributed by atoms with Crippen LogP contribution in [0.2, 0.25) is 0 Å². The zero-order valence-corrected chi connectivity index (χ0v) is 18.9. The van der Waals surface area contributed by atoms with Crippen LogP contribution in [0.4, 0.5) is 0 Å². The number of aryl methyl sites for hydroxylation is 1. The van der Waals surface area contributed by atoms with Crippen LogP contribution in [-0.4, -0.2) is 51.3 Å². The van der Waals surface area contributed by atoms with E-state index >= 15 is 0 Å². The lowest BCUT2D eigenvalue weighted by atomic mass is 10.0. The van der Waals surface area contributed by atoms with Gasteiger partial charge < -0.3 is 15.2 Å². The molecule has 7 nitrogen and oxygen atoms in total. The van der Waals surface area contributed by atoms with E-state index in [1.807, 2.05) is 18.5 Å². The highest BCUT2D eigenvalue weighted by molar-refractivity contribution is 5.80. The van der Waals surface area contributed by atoms with E-state index in [2.05, 4.69) is 69.9 Å². The maximum Gasteiger partial charge on any atom is 0.191 e. The number of aromatic nitrogens is 3. The number of unbranched alkanes of at least 4 members (excludes halogenated alkanes) is 1. The molecule has 0 radical (unpaired) electrons. The third-order valence-corrected chi connectivity index (χ3v) is 6.08. The maximum atomic E-state index is 4.79. The Morgan fingerprint density at radius 2 is 1.93 bits per heavy atom. The Kier molecular flexibility index (Phi) is 8.25. The van der Waals surface area contributed by atoms with Crippen molar-refractivity contribution in [2.45, 2.75) is 65.1 Å². The van der Waals surface area contributed by atoms with Crippen LogP contribution in [0, 0.1) is 6.92 Å². The molecule has 30 heavy (non-hydrogen) atoms. The average molecular weight is 412 g/mol. The quantitative estimate of drug-likeness (QED) is 0.397. The predicted octanol–water partition coefficient (Wildman–Crippen LogP) is 3.18. The van der Waals surface area contributed by atoms with Crippen molar-refractivity contribution in [1.29, 1.82) is 0 Å². The Hall–Kier alpha value is -2.41. The third kappa shape index (κ3) is 6.05. The molecular weight excluding hydrogens is 374 g/mol. The number of aliphatic imine (C=N–C) groups is 1. The number of rotatable bonds is 8. The van der Waals surface area contributed by atoms with Crippen LogP contribution >= 0.6 is 0 Å². The van der Waals surface area contributed by atoms with Crippen molar-refractivity contribution in [3.63, 3.8) is 0 Å². The highest BCUT2D eigenvalue weighted by Crippen LogP contribution is 2.24. The van der Waals surface area contributed by atoms with Gasteiger partial charge >= 0.3 is 0 Å². The molecule has 1 atom stereocenters. The number of guanidine groups is 1. The Bertz CT molecular complexity index is 791. The summed E-state index contributed by atoms with van der Waals surface area (Å²) in [5.74, 6) is 2.68. The summed E-state index contributed by atoms with van der Waals surface area (Å²) in [6, 6.07) is 11.7. The van der Waals surface area contributed by atoms with Crippen LogP contribution in [0.1, 0.15) is 62.8 Å². The van der Waals surface area contributed by atoms with E-state index in [1.54, 1.807) is 0 Å². The van der Waals surface area contributed by atoms with Crippen molar-refractivity contribution in [3.05, 3.63) is 47.5 Å². The molecule has 0 amide bonds. The summed E-state index contributed by atoms with van der Waals surface area (Å²) in [6.07, 6.45) is 4.54. The molecule has 1 aliphatic heterocycles. The van der Waals surface area contributed by atoms with Gasteiger partial charge in [-0.2, -0.15) is 0 Å². The molecule has 2 N–H and O–H groups in total. The smallest absolute Gasteiger partial charge is 0.191 e. The molecule has 1 aromatic heterocycles. The van der Waals surface area contributed by atoms with Gasteiger partial charge in [0.05, 0.1) is 0 Å². The van der Waals surface area contributed by atoms with Gasteiger partial charge in [0.1, 0.15) is 12.4 Å². The second kappa shape index (κ2) is 11.1. The highest BCUT2D eigenvalue weighted by Gasteiger charge is 2.24. The van der Waals surface area contributed by atoms with E-state index in [0.29, 0.717) is 18.6 Å². The lowest BCUT2D eigenvalue weighted by molar-refractivity contribution is 0.158. The molecule has 2 aromatic rings. The number of piperidine rings is 1. The highest BCUT2D eigenvalue weighted by atomic mass is 15.3. The minimum atomic E-state index is 0.443. The first-order chi connectivity index (χ1) is 14.6. The largest absolute Gasteiger partial charge is 0.356 e. The van der Waals surface area contributed by atoms with E-state index < -0.39 is 0 Å². The zero-order valence-electron chi connectivity index (χ0n) is 18.9. The summed E-state index contributed by atoms with van der Waals surface area (Å²) >= 11 is 0. The Morgan fingerprint density at radius 3 is 2.57 bits per heavy atom. The van der Waals surface area contributed by atoms with Gasteiger partial charge in [0.2, 0.25) is 0 Å². The maximum absolute atomic E-state index is 4.79. The first-order valence-corrected chi connectivity index (χ1v) is 11.3. The summed E-state index contributed by atoms with van der Waals surface area (Å²) < 4.78 is 2.00. The van der Waals surface area contributed by atoms with Crippen LogP contribution in [0.15, 0.2) is 35.3 Å². The third-order valence-electron chi connectivity index (χ3n) is 6.08. The molecule has 2 heterocycles. The zero-order chi connectivity index (χ0) is 21.3. The van der Waals surface area contributed by atoms with Gasteiger partial charge in [-0.15, -0.1) is 10.2 Å². The van der Waals surface area contributed by atoms with Gasteiger partial charge in [0, 0.05) is 38.8 Å². The summed E-state index contributed by atoms with van der Waals surface area (Å²) in [6.45, 7) is 10.1. The fourth-order valence-electron chi connectivity index (χ4n) is 3.84. The fraction of sp³-hybridized carbons (Fsp3) is 0.609. The first kappa shape index (κ1) is 22.3. The van der Waals surface area contributed by atoms with Crippen LogP contribution in [-0.2, 0) is 13.6 Å². The number of nitrogens with one attached hydrogen (secondary N) is 2. The summed E-state index contributed by atoms with van der Waals surface area (Å²) in [5, 5.41) is 15.5. The number of hydrogen-bond acceptors (Lipinski definition) is 4. The number of hydrogen-bond donors (Lipinski definition) is 2. The second-order valence-corrected chi connectivity index (χ2v) is 8.21. The normalized spacial score (nSPS) is 17.1. The summed E-state index contributed by atoms with van der Waals surface area (Å²) in [4.78, 5) is 7.37. The average Bonchev–Trinajstić information content (AvgIpc) is 3.10. The predicted molar refractivity (Wildman–Crippen MR) is 122 cm³/mol. The molecule has 1 unspecified atom stereocenters.